The van der Waals surface area contributed by atoms with Crippen molar-refractivity contribution in [2.24, 2.45) is 0 Å². The number of imidazole rings is 1. The van der Waals surface area contributed by atoms with E-state index in [1.807, 2.05) is 23.8 Å². The molecule has 0 bridgehead atoms. The number of rotatable bonds is 4. The number of hydrogen-bond acceptors (Lipinski definition) is 3. The number of nitrogens with zero attached hydrogens (tertiary/aromatic N) is 3. The van der Waals surface area contributed by atoms with Crippen molar-refractivity contribution < 1.29 is 4.79 Å². The Morgan fingerprint density at radius 3 is 2.83 bits per heavy atom. The molecule has 2 rings (SSSR count). The molecule has 0 unspecified atom stereocenters. The van der Waals surface area contributed by atoms with E-state index >= 15 is 0 Å². The fraction of sp³-hybridized carbons (Fsp3) is 0.250. The van der Waals surface area contributed by atoms with E-state index in [0.717, 1.165) is 11.6 Å². The van der Waals surface area contributed by atoms with Gasteiger partial charge in [0.25, 0.3) is 0 Å². The van der Waals surface area contributed by atoms with Gasteiger partial charge in [-0.25, -0.2) is 9.97 Å². The van der Waals surface area contributed by atoms with Crippen molar-refractivity contribution in [3.05, 3.63) is 36.5 Å². The molecule has 0 spiro atoms. The van der Waals surface area contributed by atoms with Crippen LogP contribution in [0, 0.1) is 6.92 Å². The molecular weight excluding hydrogens is 252 g/mol. The molecule has 1 amide bonds. The molecule has 2 heterocycles. The molecule has 0 aliphatic carbocycles. The third-order valence-corrected chi connectivity index (χ3v) is 2.61. The lowest BCUT2D eigenvalue weighted by Crippen LogP contribution is -2.12. The van der Waals surface area contributed by atoms with Crippen LogP contribution >= 0.6 is 11.6 Å². The van der Waals surface area contributed by atoms with E-state index in [1.54, 1.807) is 18.5 Å². The number of aryl methyl sites for hydroxylation is 1. The topological polar surface area (TPSA) is 59.8 Å². The molecule has 5 nitrogen and oxygen atoms in total. The van der Waals surface area contributed by atoms with Crippen LogP contribution in [-0.4, -0.2) is 26.3 Å². The number of carbonyl (C=O) groups excluding carboxylic acids is 1. The Labute approximate surface area is 110 Å². The Hall–Kier alpha value is -1.88. The maximum atomic E-state index is 11.3. The molecule has 18 heavy (non-hydrogen) atoms. The maximum Gasteiger partial charge on any atom is 0.225 e. The van der Waals surface area contributed by atoms with Gasteiger partial charge in [0.1, 0.15) is 11.6 Å². The van der Waals surface area contributed by atoms with Crippen LogP contribution in [-0.2, 0) is 4.79 Å². The normalized spacial score (nSPS) is 10.3. The quantitative estimate of drug-likeness (QED) is 0.861. The Morgan fingerprint density at radius 1 is 1.44 bits per heavy atom. The van der Waals surface area contributed by atoms with Gasteiger partial charge in [0.15, 0.2) is 0 Å². The number of nitrogens with one attached hydrogen (secondary N) is 1. The van der Waals surface area contributed by atoms with Crippen molar-refractivity contribution in [1.82, 2.24) is 14.5 Å². The Balaban J connectivity index is 2.11. The van der Waals surface area contributed by atoms with Crippen molar-refractivity contribution in [1.29, 1.82) is 0 Å². The SMILES string of the molecule is Cc1nccn1-c1ccc(NC(=O)CCCl)cn1. The van der Waals surface area contributed by atoms with Crippen LogP contribution in [0.15, 0.2) is 30.7 Å². The highest BCUT2D eigenvalue weighted by atomic mass is 35.5. The number of amides is 1. The first kappa shape index (κ1) is 12.6. The number of carbonyl (C=O) groups is 1. The molecule has 0 aliphatic rings. The van der Waals surface area contributed by atoms with Gasteiger partial charge in [-0.15, -0.1) is 11.6 Å². The van der Waals surface area contributed by atoms with Gasteiger partial charge < -0.3 is 5.32 Å². The van der Waals surface area contributed by atoms with E-state index in [1.165, 1.54) is 0 Å². The second-order valence-corrected chi connectivity index (χ2v) is 4.11. The minimum atomic E-state index is -0.113. The number of pyridine rings is 1. The minimum absolute atomic E-state index is 0.113. The number of anilines is 1. The van der Waals surface area contributed by atoms with E-state index in [4.69, 9.17) is 11.6 Å². The van der Waals surface area contributed by atoms with Crippen LogP contribution in [0.4, 0.5) is 5.69 Å². The van der Waals surface area contributed by atoms with E-state index < -0.39 is 0 Å². The maximum absolute atomic E-state index is 11.3. The number of alkyl halides is 1. The lowest BCUT2D eigenvalue weighted by Gasteiger charge is -2.06. The molecular formula is C12H13ClN4O. The van der Waals surface area contributed by atoms with Gasteiger partial charge in [-0.05, 0) is 19.1 Å². The molecule has 94 valence electrons. The monoisotopic (exact) mass is 264 g/mol. The van der Waals surface area contributed by atoms with Crippen LogP contribution < -0.4 is 5.32 Å². The lowest BCUT2D eigenvalue weighted by molar-refractivity contribution is -0.115. The molecule has 0 aliphatic heterocycles. The summed E-state index contributed by atoms with van der Waals surface area (Å²) in [6, 6.07) is 3.62. The van der Waals surface area contributed by atoms with Gasteiger partial charge in [-0.3, -0.25) is 9.36 Å². The summed E-state index contributed by atoms with van der Waals surface area (Å²) >= 11 is 5.49. The number of aromatic nitrogens is 3. The summed E-state index contributed by atoms with van der Waals surface area (Å²) in [5.74, 6) is 1.83. The van der Waals surface area contributed by atoms with Crippen LogP contribution in [0.25, 0.3) is 5.82 Å². The fourth-order valence-electron chi connectivity index (χ4n) is 1.53. The van der Waals surface area contributed by atoms with Gasteiger partial charge in [0.05, 0.1) is 11.9 Å². The van der Waals surface area contributed by atoms with Crippen LogP contribution in [0.1, 0.15) is 12.2 Å². The summed E-state index contributed by atoms with van der Waals surface area (Å²) in [5, 5.41) is 2.72. The second-order valence-electron chi connectivity index (χ2n) is 3.74. The minimum Gasteiger partial charge on any atom is -0.325 e. The second kappa shape index (κ2) is 5.64. The van der Waals surface area contributed by atoms with E-state index in [-0.39, 0.29) is 5.91 Å². The molecule has 2 aromatic heterocycles. The summed E-state index contributed by atoms with van der Waals surface area (Å²) in [7, 11) is 0. The molecule has 1 N–H and O–H groups in total. The predicted octanol–water partition coefficient (Wildman–Crippen LogP) is 2.14. The highest BCUT2D eigenvalue weighted by Gasteiger charge is 2.04. The summed E-state index contributed by atoms with van der Waals surface area (Å²) < 4.78 is 1.87. The third kappa shape index (κ3) is 2.87. The van der Waals surface area contributed by atoms with Crippen molar-refractivity contribution in [2.45, 2.75) is 13.3 Å². The largest absolute Gasteiger partial charge is 0.325 e. The highest BCUT2D eigenvalue weighted by Crippen LogP contribution is 2.11. The number of hydrogen-bond donors (Lipinski definition) is 1. The van der Waals surface area contributed by atoms with Crippen LogP contribution in [0.2, 0.25) is 0 Å². The van der Waals surface area contributed by atoms with Crippen molar-refractivity contribution in [3.63, 3.8) is 0 Å². The average molecular weight is 265 g/mol. The van der Waals surface area contributed by atoms with Crippen LogP contribution in [0.5, 0.6) is 0 Å². The predicted molar refractivity (Wildman–Crippen MR) is 70.1 cm³/mol. The lowest BCUT2D eigenvalue weighted by atomic mass is 10.3. The first-order valence-electron chi connectivity index (χ1n) is 5.53. The van der Waals surface area contributed by atoms with Crippen molar-refractivity contribution in [2.75, 3.05) is 11.2 Å². The molecule has 0 atom stereocenters. The summed E-state index contributed by atoms with van der Waals surface area (Å²) in [6.07, 6.45) is 5.46. The first-order chi connectivity index (χ1) is 8.70. The molecule has 0 saturated heterocycles. The summed E-state index contributed by atoms with van der Waals surface area (Å²) in [6.45, 7) is 1.90. The van der Waals surface area contributed by atoms with E-state index in [2.05, 4.69) is 15.3 Å². The smallest absolute Gasteiger partial charge is 0.225 e. The van der Waals surface area contributed by atoms with Gasteiger partial charge in [0, 0.05) is 24.7 Å². The zero-order valence-corrected chi connectivity index (χ0v) is 10.7. The van der Waals surface area contributed by atoms with Gasteiger partial charge in [0.2, 0.25) is 5.91 Å². The fourth-order valence-corrected chi connectivity index (χ4v) is 1.70. The van der Waals surface area contributed by atoms with Crippen LogP contribution in [0.3, 0.4) is 0 Å². The van der Waals surface area contributed by atoms with Gasteiger partial charge in [-0.2, -0.15) is 0 Å². The Bertz CT molecular complexity index is 535. The first-order valence-corrected chi connectivity index (χ1v) is 6.06. The van der Waals surface area contributed by atoms with Gasteiger partial charge >= 0.3 is 0 Å². The molecule has 2 aromatic rings. The van der Waals surface area contributed by atoms with E-state index in [9.17, 15) is 4.79 Å². The molecule has 0 fully saturated rings. The molecule has 0 saturated carbocycles. The summed E-state index contributed by atoms with van der Waals surface area (Å²) in [5.41, 5.74) is 0.659. The molecule has 6 heteroatoms. The Morgan fingerprint density at radius 2 is 2.28 bits per heavy atom. The zero-order valence-electron chi connectivity index (χ0n) is 9.93. The van der Waals surface area contributed by atoms with Gasteiger partial charge in [-0.1, -0.05) is 0 Å². The van der Waals surface area contributed by atoms with Crippen molar-refractivity contribution in [3.8, 4) is 5.82 Å². The standard InChI is InChI=1S/C12H13ClN4O/c1-9-14-6-7-17(9)11-3-2-10(8-15-11)16-12(18)4-5-13/h2-3,6-8H,4-5H2,1H3,(H,16,18). The Kier molecular flexibility index (Phi) is 3.94. The molecule has 0 radical (unpaired) electrons. The van der Waals surface area contributed by atoms with E-state index in [0.29, 0.717) is 18.0 Å². The summed E-state index contributed by atoms with van der Waals surface area (Å²) in [4.78, 5) is 19.7. The molecule has 0 aromatic carbocycles. The highest BCUT2D eigenvalue weighted by molar-refractivity contribution is 6.19. The van der Waals surface area contributed by atoms with Crippen molar-refractivity contribution >= 4 is 23.2 Å². The third-order valence-electron chi connectivity index (χ3n) is 2.43. The number of halogens is 1. The average Bonchev–Trinajstić information content (AvgIpc) is 2.77. The zero-order chi connectivity index (χ0) is 13.0.